The second-order valence-electron chi connectivity index (χ2n) is 16.1. The molecule has 0 aromatic heterocycles. The summed E-state index contributed by atoms with van der Waals surface area (Å²) in [5.41, 5.74) is 22.2. The third-order valence-electron chi connectivity index (χ3n) is 12.9. The molecular weight excluding hydrogens is 723 g/mol. The Morgan fingerprint density at radius 1 is 0.267 bits per heavy atom. The molecule has 0 heterocycles. The van der Waals surface area contributed by atoms with Crippen molar-refractivity contribution in [3.63, 3.8) is 0 Å². The number of hydrogen-bond donors (Lipinski definition) is 1. The van der Waals surface area contributed by atoms with Crippen LogP contribution in [0, 0.1) is 0 Å². The van der Waals surface area contributed by atoms with Crippen LogP contribution >= 0.6 is 0 Å². The van der Waals surface area contributed by atoms with E-state index in [1.54, 1.807) is 0 Å². The van der Waals surface area contributed by atoms with Crippen LogP contribution in [0.25, 0.3) is 77.5 Å². The summed E-state index contributed by atoms with van der Waals surface area (Å²) in [6.07, 6.45) is 0. The third-order valence-corrected chi connectivity index (χ3v) is 12.9. The summed E-state index contributed by atoms with van der Waals surface area (Å²) < 4.78 is 0. The minimum Gasteiger partial charge on any atom is -0.355 e. The molecular formula is C59H39N. The van der Waals surface area contributed by atoms with Crippen molar-refractivity contribution in [1.29, 1.82) is 0 Å². The molecule has 60 heavy (non-hydrogen) atoms. The molecule has 0 atom stereocenters. The molecule has 1 N–H and O–H groups in total. The van der Waals surface area contributed by atoms with Gasteiger partial charge in [0, 0.05) is 16.9 Å². The molecule has 0 unspecified atom stereocenters. The average molecular weight is 762 g/mol. The zero-order chi connectivity index (χ0) is 39.6. The van der Waals surface area contributed by atoms with Gasteiger partial charge in [-0.15, -0.1) is 0 Å². The van der Waals surface area contributed by atoms with E-state index in [9.17, 15) is 0 Å². The lowest BCUT2D eigenvalue weighted by Crippen LogP contribution is -2.25. The molecule has 2 aliphatic carbocycles. The summed E-state index contributed by atoms with van der Waals surface area (Å²) >= 11 is 0. The van der Waals surface area contributed by atoms with E-state index in [1.807, 2.05) is 0 Å². The Bertz CT molecular complexity index is 3190. The zero-order valence-electron chi connectivity index (χ0n) is 32.9. The van der Waals surface area contributed by atoms with Crippen LogP contribution in [0.5, 0.6) is 0 Å². The van der Waals surface area contributed by atoms with Crippen molar-refractivity contribution >= 4 is 22.1 Å². The van der Waals surface area contributed by atoms with Crippen molar-refractivity contribution in [2.24, 2.45) is 0 Å². The van der Waals surface area contributed by atoms with Gasteiger partial charge in [-0.2, -0.15) is 0 Å². The summed E-state index contributed by atoms with van der Waals surface area (Å²) in [5.74, 6) is 0. The SMILES string of the molecule is c1ccc2c(c1)-c1ccccc1C21c2ccccc2-c2c(Nc3ccc(-c4ccc(-c5ccc(-c6ccc(-c7cccc8ccccc78)cc6)cc5)cc4)cc3)cccc21. The largest absolute Gasteiger partial charge is 0.355 e. The van der Waals surface area contributed by atoms with E-state index in [0.29, 0.717) is 0 Å². The minimum absolute atomic E-state index is 0.347. The van der Waals surface area contributed by atoms with Crippen LogP contribution in [0.15, 0.2) is 231 Å². The Balaban J connectivity index is 0.788. The molecule has 280 valence electrons. The second kappa shape index (κ2) is 13.7. The predicted octanol–water partition coefficient (Wildman–Crippen LogP) is 15.6. The maximum absolute atomic E-state index is 3.84. The summed E-state index contributed by atoms with van der Waals surface area (Å²) in [6.45, 7) is 0. The standard InChI is InChI=1S/C59H39N/c1-2-13-48-45(11-1)12-9-17-49(48)46-33-31-43(32-34-46)41-25-23-39(24-26-41)40-27-29-42(30-28-40)44-35-37-47(38-36-44)60-57-22-10-21-56-58(57)52-16-5-8-20-55(52)59(56)53-18-6-3-14-50(53)51-15-4-7-19-54(51)59/h1-38,60H. The normalized spacial score (nSPS) is 12.8. The van der Waals surface area contributed by atoms with Crippen molar-refractivity contribution < 1.29 is 0 Å². The van der Waals surface area contributed by atoms with Gasteiger partial charge < -0.3 is 5.32 Å². The quantitative estimate of drug-likeness (QED) is 0.178. The molecule has 0 saturated heterocycles. The molecule has 0 amide bonds. The fourth-order valence-electron chi connectivity index (χ4n) is 10.2. The molecule has 10 aromatic carbocycles. The number of hydrogen-bond acceptors (Lipinski definition) is 1. The summed E-state index contributed by atoms with van der Waals surface area (Å²) in [4.78, 5) is 0. The number of anilines is 2. The van der Waals surface area contributed by atoms with E-state index in [-0.39, 0.29) is 5.41 Å². The Kier molecular flexibility index (Phi) is 7.83. The first-order valence-corrected chi connectivity index (χ1v) is 20.8. The first-order chi connectivity index (χ1) is 29.7. The van der Waals surface area contributed by atoms with E-state index in [4.69, 9.17) is 0 Å². The zero-order valence-corrected chi connectivity index (χ0v) is 32.9. The molecule has 0 saturated carbocycles. The highest BCUT2D eigenvalue weighted by atomic mass is 14.9. The van der Waals surface area contributed by atoms with E-state index in [2.05, 4.69) is 236 Å². The van der Waals surface area contributed by atoms with Crippen LogP contribution in [0.2, 0.25) is 0 Å². The van der Waals surface area contributed by atoms with Crippen molar-refractivity contribution in [3.8, 4) is 66.8 Å². The van der Waals surface area contributed by atoms with Gasteiger partial charge in [0.15, 0.2) is 0 Å². The van der Waals surface area contributed by atoms with Gasteiger partial charge in [0.25, 0.3) is 0 Å². The summed E-state index contributed by atoms with van der Waals surface area (Å²) in [5, 5.41) is 6.39. The smallest absolute Gasteiger partial charge is 0.0726 e. The molecule has 12 rings (SSSR count). The van der Waals surface area contributed by atoms with Crippen molar-refractivity contribution in [3.05, 3.63) is 253 Å². The van der Waals surface area contributed by atoms with Gasteiger partial charge in [0.2, 0.25) is 0 Å². The topological polar surface area (TPSA) is 12.0 Å². The Labute approximate surface area is 350 Å². The van der Waals surface area contributed by atoms with Crippen molar-refractivity contribution in [2.75, 3.05) is 5.32 Å². The Morgan fingerprint density at radius 3 is 1.22 bits per heavy atom. The van der Waals surface area contributed by atoms with Crippen LogP contribution in [0.4, 0.5) is 11.4 Å². The first kappa shape index (κ1) is 34.3. The molecule has 0 bridgehead atoms. The molecule has 1 nitrogen and oxygen atoms in total. The number of benzene rings is 10. The van der Waals surface area contributed by atoms with Crippen LogP contribution in [0.1, 0.15) is 22.3 Å². The Morgan fingerprint density at radius 2 is 0.650 bits per heavy atom. The van der Waals surface area contributed by atoms with Gasteiger partial charge in [-0.05, 0) is 112 Å². The van der Waals surface area contributed by atoms with Crippen molar-refractivity contribution in [2.45, 2.75) is 5.41 Å². The first-order valence-electron chi connectivity index (χ1n) is 20.8. The van der Waals surface area contributed by atoms with E-state index in [1.165, 1.54) is 99.8 Å². The van der Waals surface area contributed by atoms with Gasteiger partial charge >= 0.3 is 0 Å². The monoisotopic (exact) mass is 761 g/mol. The molecule has 0 aliphatic heterocycles. The lowest BCUT2D eigenvalue weighted by atomic mass is 9.70. The van der Waals surface area contributed by atoms with Crippen LogP contribution < -0.4 is 5.32 Å². The van der Waals surface area contributed by atoms with E-state index in [0.717, 1.165) is 11.4 Å². The van der Waals surface area contributed by atoms with Gasteiger partial charge in [-0.1, -0.05) is 212 Å². The van der Waals surface area contributed by atoms with Crippen LogP contribution in [-0.4, -0.2) is 0 Å². The third kappa shape index (κ3) is 5.26. The van der Waals surface area contributed by atoms with Gasteiger partial charge in [-0.3, -0.25) is 0 Å². The maximum atomic E-state index is 3.84. The lowest BCUT2D eigenvalue weighted by molar-refractivity contribution is 0.794. The van der Waals surface area contributed by atoms with Gasteiger partial charge in [0.05, 0.1) is 5.41 Å². The molecule has 2 aliphatic rings. The van der Waals surface area contributed by atoms with Gasteiger partial charge in [-0.25, -0.2) is 0 Å². The fraction of sp³-hybridized carbons (Fsp3) is 0.0169. The maximum Gasteiger partial charge on any atom is 0.0726 e. The average Bonchev–Trinajstić information content (AvgIpc) is 3.80. The molecule has 1 spiro atoms. The number of nitrogens with one attached hydrogen (secondary N) is 1. The minimum atomic E-state index is -0.347. The van der Waals surface area contributed by atoms with E-state index >= 15 is 0 Å². The summed E-state index contributed by atoms with van der Waals surface area (Å²) in [7, 11) is 0. The lowest BCUT2D eigenvalue weighted by Gasteiger charge is -2.30. The number of rotatable bonds is 6. The molecule has 10 aromatic rings. The summed E-state index contributed by atoms with van der Waals surface area (Å²) in [6, 6.07) is 84.5. The fourth-order valence-corrected chi connectivity index (χ4v) is 10.2. The Hall–Kier alpha value is -7.74. The second-order valence-corrected chi connectivity index (χ2v) is 16.1. The molecule has 0 fully saturated rings. The molecule has 1 heteroatoms. The van der Waals surface area contributed by atoms with Crippen LogP contribution in [-0.2, 0) is 5.41 Å². The van der Waals surface area contributed by atoms with E-state index < -0.39 is 0 Å². The predicted molar refractivity (Wildman–Crippen MR) is 252 cm³/mol. The highest BCUT2D eigenvalue weighted by molar-refractivity contribution is 6.00. The van der Waals surface area contributed by atoms with Crippen molar-refractivity contribution in [1.82, 2.24) is 0 Å². The molecule has 0 radical (unpaired) electrons. The van der Waals surface area contributed by atoms with Crippen LogP contribution in [0.3, 0.4) is 0 Å². The number of fused-ring (bicyclic) bond motifs is 11. The highest BCUT2D eigenvalue weighted by Crippen LogP contribution is 2.63. The van der Waals surface area contributed by atoms with Gasteiger partial charge in [0.1, 0.15) is 0 Å². The highest BCUT2D eigenvalue weighted by Gasteiger charge is 2.51.